The Bertz CT molecular complexity index is 742. The summed E-state index contributed by atoms with van der Waals surface area (Å²) in [4.78, 5) is 23.8. The summed E-state index contributed by atoms with van der Waals surface area (Å²) in [5.41, 5.74) is 1.81. The lowest BCUT2D eigenvalue weighted by Gasteiger charge is -2.27. The zero-order chi connectivity index (χ0) is 17.6. The molecule has 1 aromatic carbocycles. The lowest BCUT2D eigenvalue weighted by molar-refractivity contribution is 0.102. The molecule has 2 aromatic rings. The van der Waals surface area contributed by atoms with E-state index < -0.39 is 0 Å². The smallest absolute Gasteiger partial charge is 0.274 e. The van der Waals surface area contributed by atoms with Gasteiger partial charge >= 0.3 is 0 Å². The van der Waals surface area contributed by atoms with Crippen molar-refractivity contribution in [2.75, 3.05) is 29.9 Å². The van der Waals surface area contributed by atoms with Crippen LogP contribution in [0.2, 0.25) is 0 Å². The van der Waals surface area contributed by atoms with Crippen molar-refractivity contribution in [2.45, 2.75) is 33.1 Å². The molecule has 0 spiro atoms. The fraction of sp³-hybridized carbons (Fsp3) is 0.421. The molecule has 6 heteroatoms. The standard InChI is InChI=1S/C19H24N4O2/c1-3-25-17-10-6-5-9-15(17)21-18(24)16-13-14(2)20-19(22-16)23-11-7-4-8-12-23/h5-6,9-10,13H,3-4,7-8,11-12H2,1-2H3,(H,21,24). The van der Waals surface area contributed by atoms with Gasteiger partial charge in [-0.15, -0.1) is 0 Å². The molecule has 6 nitrogen and oxygen atoms in total. The second-order valence-corrected chi connectivity index (χ2v) is 6.13. The number of rotatable bonds is 5. The summed E-state index contributed by atoms with van der Waals surface area (Å²) < 4.78 is 5.56. The number of hydrogen-bond donors (Lipinski definition) is 1. The van der Waals surface area contributed by atoms with Crippen LogP contribution in [0.3, 0.4) is 0 Å². The van der Waals surface area contributed by atoms with Crippen molar-refractivity contribution >= 4 is 17.5 Å². The number of para-hydroxylation sites is 2. The maximum absolute atomic E-state index is 12.7. The minimum atomic E-state index is -0.254. The summed E-state index contributed by atoms with van der Waals surface area (Å²) in [6.45, 7) is 6.23. The van der Waals surface area contributed by atoms with Crippen LogP contribution in [0.1, 0.15) is 42.4 Å². The number of ether oxygens (including phenoxy) is 1. The van der Waals surface area contributed by atoms with E-state index in [1.807, 2.05) is 38.1 Å². The molecular weight excluding hydrogens is 316 g/mol. The highest BCUT2D eigenvalue weighted by atomic mass is 16.5. The van der Waals surface area contributed by atoms with Crippen LogP contribution in [-0.4, -0.2) is 35.6 Å². The minimum absolute atomic E-state index is 0.254. The third kappa shape index (κ3) is 4.26. The third-order valence-corrected chi connectivity index (χ3v) is 4.15. The summed E-state index contributed by atoms with van der Waals surface area (Å²) in [6.07, 6.45) is 3.52. The average molecular weight is 340 g/mol. The van der Waals surface area contributed by atoms with Crippen molar-refractivity contribution in [2.24, 2.45) is 0 Å². The second-order valence-electron chi connectivity index (χ2n) is 6.13. The van der Waals surface area contributed by atoms with Gasteiger partial charge < -0.3 is 15.0 Å². The minimum Gasteiger partial charge on any atom is -0.492 e. The predicted octanol–water partition coefficient (Wildman–Crippen LogP) is 3.43. The van der Waals surface area contributed by atoms with Crippen molar-refractivity contribution in [3.63, 3.8) is 0 Å². The molecule has 1 aliphatic rings. The fourth-order valence-corrected chi connectivity index (χ4v) is 2.94. The Kier molecular flexibility index (Phi) is 5.48. The number of benzene rings is 1. The van der Waals surface area contributed by atoms with Gasteiger partial charge in [0.15, 0.2) is 0 Å². The van der Waals surface area contributed by atoms with E-state index in [1.54, 1.807) is 6.07 Å². The monoisotopic (exact) mass is 340 g/mol. The normalized spacial score (nSPS) is 14.2. The number of carbonyl (C=O) groups excluding carboxylic acids is 1. The van der Waals surface area contributed by atoms with E-state index >= 15 is 0 Å². The number of nitrogens with zero attached hydrogens (tertiary/aromatic N) is 3. The molecule has 0 bridgehead atoms. The zero-order valence-electron chi connectivity index (χ0n) is 14.8. The van der Waals surface area contributed by atoms with Crippen molar-refractivity contribution in [1.82, 2.24) is 9.97 Å². The van der Waals surface area contributed by atoms with Crippen molar-refractivity contribution in [1.29, 1.82) is 0 Å². The molecule has 0 atom stereocenters. The molecule has 1 saturated heterocycles. The van der Waals surface area contributed by atoms with Gasteiger partial charge in [0, 0.05) is 18.8 Å². The van der Waals surface area contributed by atoms with Gasteiger partial charge in [-0.25, -0.2) is 9.97 Å². The van der Waals surface area contributed by atoms with Crippen molar-refractivity contribution < 1.29 is 9.53 Å². The molecular formula is C19H24N4O2. The van der Waals surface area contributed by atoms with E-state index in [9.17, 15) is 4.79 Å². The van der Waals surface area contributed by atoms with Gasteiger partial charge in [-0.1, -0.05) is 12.1 Å². The maximum atomic E-state index is 12.7. The van der Waals surface area contributed by atoms with Crippen LogP contribution in [0.5, 0.6) is 5.75 Å². The first-order chi connectivity index (χ1) is 12.2. The molecule has 1 N–H and O–H groups in total. The summed E-state index contributed by atoms with van der Waals surface area (Å²) in [6, 6.07) is 9.12. The molecule has 25 heavy (non-hydrogen) atoms. The summed E-state index contributed by atoms with van der Waals surface area (Å²) >= 11 is 0. The van der Waals surface area contributed by atoms with Gasteiger partial charge in [0.1, 0.15) is 11.4 Å². The highest BCUT2D eigenvalue weighted by molar-refractivity contribution is 6.03. The number of anilines is 2. The summed E-state index contributed by atoms with van der Waals surface area (Å²) in [5.74, 6) is 1.04. The van der Waals surface area contributed by atoms with Crippen LogP contribution >= 0.6 is 0 Å². The Morgan fingerprint density at radius 2 is 1.96 bits per heavy atom. The van der Waals surface area contributed by atoms with E-state index in [0.717, 1.165) is 31.6 Å². The summed E-state index contributed by atoms with van der Waals surface area (Å²) in [7, 11) is 0. The van der Waals surface area contributed by atoms with Crippen molar-refractivity contribution in [3.05, 3.63) is 41.7 Å². The van der Waals surface area contributed by atoms with E-state index in [2.05, 4.69) is 20.2 Å². The van der Waals surface area contributed by atoms with Gasteiger partial charge in [-0.2, -0.15) is 0 Å². The molecule has 2 heterocycles. The molecule has 0 radical (unpaired) electrons. The lowest BCUT2D eigenvalue weighted by atomic mass is 10.1. The van der Waals surface area contributed by atoms with Crippen LogP contribution in [0, 0.1) is 6.92 Å². The Morgan fingerprint density at radius 3 is 2.72 bits per heavy atom. The molecule has 3 rings (SSSR count). The van der Waals surface area contributed by atoms with Crippen LogP contribution < -0.4 is 15.0 Å². The van der Waals surface area contributed by atoms with Gasteiger partial charge in [0.05, 0.1) is 12.3 Å². The number of carbonyl (C=O) groups is 1. The average Bonchev–Trinajstić information content (AvgIpc) is 2.64. The Labute approximate surface area is 148 Å². The Hall–Kier alpha value is -2.63. The Balaban J connectivity index is 1.81. The number of aromatic nitrogens is 2. The Morgan fingerprint density at radius 1 is 1.20 bits per heavy atom. The molecule has 0 unspecified atom stereocenters. The highest BCUT2D eigenvalue weighted by Crippen LogP contribution is 2.24. The molecule has 1 aliphatic heterocycles. The first-order valence-electron chi connectivity index (χ1n) is 8.81. The molecule has 0 aliphatic carbocycles. The first kappa shape index (κ1) is 17.2. The zero-order valence-corrected chi connectivity index (χ0v) is 14.8. The van der Waals surface area contributed by atoms with Gasteiger partial charge in [0.25, 0.3) is 5.91 Å². The first-order valence-corrected chi connectivity index (χ1v) is 8.81. The van der Waals surface area contributed by atoms with Crippen LogP contribution in [0.25, 0.3) is 0 Å². The number of amides is 1. The van der Waals surface area contributed by atoms with E-state index in [-0.39, 0.29) is 5.91 Å². The summed E-state index contributed by atoms with van der Waals surface area (Å²) in [5, 5.41) is 2.90. The predicted molar refractivity (Wildman–Crippen MR) is 98.4 cm³/mol. The van der Waals surface area contributed by atoms with Crippen LogP contribution in [-0.2, 0) is 0 Å². The van der Waals surface area contributed by atoms with Gasteiger partial charge in [-0.3, -0.25) is 4.79 Å². The number of hydrogen-bond acceptors (Lipinski definition) is 5. The van der Waals surface area contributed by atoms with Gasteiger partial charge in [0.2, 0.25) is 5.95 Å². The van der Waals surface area contributed by atoms with Crippen LogP contribution in [0.4, 0.5) is 11.6 Å². The van der Waals surface area contributed by atoms with E-state index in [4.69, 9.17) is 4.74 Å². The topological polar surface area (TPSA) is 67.3 Å². The molecule has 1 fully saturated rings. The molecule has 1 amide bonds. The number of piperidine rings is 1. The second kappa shape index (κ2) is 7.96. The largest absolute Gasteiger partial charge is 0.492 e. The van der Waals surface area contributed by atoms with Gasteiger partial charge in [-0.05, 0) is 51.3 Å². The third-order valence-electron chi connectivity index (χ3n) is 4.15. The fourth-order valence-electron chi connectivity index (χ4n) is 2.94. The van der Waals surface area contributed by atoms with E-state index in [1.165, 1.54) is 6.42 Å². The van der Waals surface area contributed by atoms with Crippen molar-refractivity contribution in [3.8, 4) is 5.75 Å². The molecule has 0 saturated carbocycles. The maximum Gasteiger partial charge on any atom is 0.274 e. The van der Waals surface area contributed by atoms with E-state index in [0.29, 0.717) is 29.7 Å². The SMILES string of the molecule is CCOc1ccccc1NC(=O)c1cc(C)nc(N2CCCCC2)n1. The number of nitrogens with one attached hydrogen (secondary N) is 1. The van der Waals surface area contributed by atoms with Crippen LogP contribution in [0.15, 0.2) is 30.3 Å². The quantitative estimate of drug-likeness (QED) is 0.903. The lowest BCUT2D eigenvalue weighted by Crippen LogP contribution is -2.31. The number of aryl methyl sites for hydroxylation is 1. The molecule has 1 aromatic heterocycles. The molecule has 132 valence electrons. The highest BCUT2D eigenvalue weighted by Gasteiger charge is 2.18.